The van der Waals surface area contributed by atoms with Gasteiger partial charge in [0.1, 0.15) is 30.1 Å². The van der Waals surface area contributed by atoms with Crippen LogP contribution in [-0.4, -0.2) is 132 Å². The zero-order valence-corrected chi connectivity index (χ0v) is 40.6. The van der Waals surface area contributed by atoms with Gasteiger partial charge in [0.25, 0.3) is 11.7 Å². The molecular weight excluding hydrogens is 835 g/mol. The molecule has 0 unspecified atom stereocenters. The first kappa shape index (κ1) is 54.2. The smallest absolute Gasteiger partial charge is 0.329 e. The summed E-state index contributed by atoms with van der Waals surface area (Å²) < 4.78 is 29.4. The van der Waals surface area contributed by atoms with Gasteiger partial charge < -0.3 is 43.9 Å². The third kappa shape index (κ3) is 14.3. The summed E-state index contributed by atoms with van der Waals surface area (Å²) in [6, 6.07) is -1.14. The van der Waals surface area contributed by atoms with E-state index in [2.05, 4.69) is 0 Å². The molecule has 14 heteroatoms. The van der Waals surface area contributed by atoms with Crippen LogP contribution in [0.1, 0.15) is 126 Å². The highest BCUT2D eigenvalue weighted by molar-refractivity contribution is 6.39. The van der Waals surface area contributed by atoms with Crippen molar-refractivity contribution in [2.75, 3.05) is 27.9 Å². The maximum absolute atomic E-state index is 14.4. The number of cyclic esters (lactones) is 1. The number of fused-ring (bicyclic) bond motifs is 3. The number of aliphatic hydroxyl groups excluding tert-OH is 2. The summed E-state index contributed by atoms with van der Waals surface area (Å²) in [4.78, 5) is 71.8. The number of methoxy groups -OCH3 is 3. The second kappa shape index (κ2) is 25.1. The Bertz CT molecular complexity index is 1760. The summed E-state index contributed by atoms with van der Waals surface area (Å²) >= 11 is 0. The number of carbonyl (C=O) groups excluding carboxylic acids is 5. The van der Waals surface area contributed by atoms with E-state index in [1.807, 2.05) is 58.1 Å². The highest BCUT2D eigenvalue weighted by atomic mass is 16.6. The van der Waals surface area contributed by atoms with Crippen molar-refractivity contribution in [3.8, 4) is 0 Å². The molecule has 1 aliphatic carbocycles. The van der Waals surface area contributed by atoms with Crippen LogP contribution in [0.15, 0.2) is 47.6 Å². The molecule has 2 bridgehead atoms. The highest BCUT2D eigenvalue weighted by Crippen LogP contribution is 2.38. The fourth-order valence-electron chi connectivity index (χ4n) is 10.1. The Kier molecular flexibility index (Phi) is 21.0. The lowest BCUT2D eigenvalue weighted by molar-refractivity contribution is -0.265. The van der Waals surface area contributed by atoms with Crippen LogP contribution in [0, 0.1) is 35.5 Å². The Labute approximate surface area is 387 Å². The number of ketones is 3. The Morgan fingerprint density at radius 1 is 0.846 bits per heavy atom. The molecule has 0 aromatic rings. The van der Waals surface area contributed by atoms with Crippen LogP contribution in [0.25, 0.3) is 0 Å². The first-order valence-corrected chi connectivity index (χ1v) is 23.9. The third-order valence-corrected chi connectivity index (χ3v) is 14.5. The van der Waals surface area contributed by atoms with Gasteiger partial charge in [-0.2, -0.15) is 0 Å². The van der Waals surface area contributed by atoms with E-state index in [0.29, 0.717) is 63.4 Å². The number of rotatable bonds is 6. The number of amides is 1. The van der Waals surface area contributed by atoms with Gasteiger partial charge in [-0.25, -0.2) is 4.79 Å². The summed E-state index contributed by atoms with van der Waals surface area (Å²) in [5.74, 6) is -7.96. The molecule has 4 rings (SSSR count). The van der Waals surface area contributed by atoms with Crippen LogP contribution in [0.5, 0.6) is 0 Å². The molecule has 0 aromatic heterocycles. The van der Waals surface area contributed by atoms with Crippen LogP contribution in [0.3, 0.4) is 0 Å². The van der Waals surface area contributed by atoms with E-state index in [0.717, 1.165) is 12.0 Å². The number of aliphatic hydroxyl groups is 3. The fraction of sp³-hybridized carbons (Fsp3) is 0.745. The highest BCUT2D eigenvalue weighted by Gasteiger charge is 2.53. The van der Waals surface area contributed by atoms with Crippen molar-refractivity contribution >= 4 is 29.2 Å². The monoisotopic (exact) mass is 914 g/mol. The van der Waals surface area contributed by atoms with Crippen LogP contribution in [0.4, 0.5) is 0 Å². The summed E-state index contributed by atoms with van der Waals surface area (Å²) in [6.45, 7) is 12.7. The lowest BCUT2D eigenvalue weighted by Gasteiger charge is -2.42. The van der Waals surface area contributed by atoms with Crippen molar-refractivity contribution in [3.05, 3.63) is 47.6 Å². The average Bonchev–Trinajstić information content (AvgIpc) is 3.28. The lowest BCUT2D eigenvalue weighted by atomic mass is 9.78. The molecule has 2 saturated heterocycles. The molecule has 1 amide bonds. The SMILES string of the molecule is CO[C@H]1C[C@@H]2CC[C@@H](C)[C@@](O)(O2)C(=O)C(=O)N2CCCC[C@H]2C(=O)O[C@H]([C@H](C)C[C@@H]2CC[C@@H](O)[C@H](OC)C2)CC(=O)[C@H](C)/C=C(/C)[C@@H](O)[C@@H](OC)C(=O)[C@H](C)C[C@H](C)/C=C/C=C\C=C1C. The number of hydrogen-bond acceptors (Lipinski definition) is 13. The van der Waals surface area contributed by atoms with E-state index in [4.69, 9.17) is 23.7 Å². The van der Waals surface area contributed by atoms with Gasteiger partial charge >= 0.3 is 5.97 Å². The number of esters is 1. The van der Waals surface area contributed by atoms with Crippen molar-refractivity contribution in [1.82, 2.24) is 4.90 Å². The molecule has 0 spiro atoms. The summed E-state index contributed by atoms with van der Waals surface area (Å²) in [5, 5.41) is 33.8. The second-order valence-corrected chi connectivity index (χ2v) is 19.6. The summed E-state index contributed by atoms with van der Waals surface area (Å²) in [5.41, 5.74) is 1.27. The minimum atomic E-state index is -2.43. The number of ether oxygens (including phenoxy) is 5. The molecule has 0 radical (unpaired) electrons. The van der Waals surface area contributed by atoms with E-state index < -0.39 is 83.9 Å². The second-order valence-electron chi connectivity index (χ2n) is 19.6. The zero-order valence-electron chi connectivity index (χ0n) is 40.6. The van der Waals surface area contributed by atoms with Crippen molar-refractivity contribution < 1.29 is 63.0 Å². The Balaban J connectivity index is 1.70. The van der Waals surface area contributed by atoms with E-state index in [-0.39, 0.29) is 54.8 Å². The van der Waals surface area contributed by atoms with Crippen molar-refractivity contribution in [2.45, 2.75) is 180 Å². The van der Waals surface area contributed by atoms with Gasteiger partial charge in [-0.1, -0.05) is 71.1 Å². The summed E-state index contributed by atoms with van der Waals surface area (Å²) in [7, 11) is 4.52. The van der Waals surface area contributed by atoms with E-state index in [9.17, 15) is 39.3 Å². The average molecular weight is 914 g/mol. The largest absolute Gasteiger partial charge is 0.460 e. The quantitative estimate of drug-likeness (QED) is 0.156. The molecule has 15 atom stereocenters. The minimum absolute atomic E-state index is 0.0193. The molecule has 14 nitrogen and oxygen atoms in total. The Hall–Kier alpha value is -3.37. The van der Waals surface area contributed by atoms with E-state index in [1.165, 1.54) is 12.0 Å². The molecule has 65 heavy (non-hydrogen) atoms. The predicted octanol–water partition coefficient (Wildman–Crippen LogP) is 6.18. The number of piperidine rings is 1. The van der Waals surface area contributed by atoms with Gasteiger partial charge in [0.15, 0.2) is 5.78 Å². The third-order valence-electron chi connectivity index (χ3n) is 14.5. The van der Waals surface area contributed by atoms with Crippen molar-refractivity contribution in [3.63, 3.8) is 0 Å². The van der Waals surface area contributed by atoms with Crippen molar-refractivity contribution in [1.29, 1.82) is 0 Å². The Morgan fingerprint density at radius 3 is 2.25 bits per heavy atom. The lowest BCUT2D eigenvalue weighted by Crippen LogP contribution is -2.61. The summed E-state index contributed by atoms with van der Waals surface area (Å²) in [6.07, 6.45) is 11.2. The van der Waals surface area contributed by atoms with Crippen molar-refractivity contribution in [2.24, 2.45) is 35.5 Å². The minimum Gasteiger partial charge on any atom is -0.460 e. The van der Waals surface area contributed by atoms with Gasteiger partial charge in [0.2, 0.25) is 5.79 Å². The number of hydrogen-bond donors (Lipinski definition) is 3. The van der Waals surface area contributed by atoms with Gasteiger partial charge in [0, 0.05) is 58.5 Å². The number of Topliss-reactive ketones (excluding diaryl/α,β-unsaturated/α-hetero) is 3. The number of allylic oxidation sites excluding steroid dienone is 6. The molecular formula is C51H79NO13. The zero-order chi connectivity index (χ0) is 48.2. The molecule has 366 valence electrons. The maximum Gasteiger partial charge on any atom is 0.329 e. The van der Waals surface area contributed by atoms with E-state index in [1.54, 1.807) is 41.1 Å². The molecule has 3 heterocycles. The first-order chi connectivity index (χ1) is 30.7. The van der Waals surface area contributed by atoms with Crippen LogP contribution in [-0.2, 0) is 47.7 Å². The van der Waals surface area contributed by atoms with Gasteiger partial charge in [-0.05, 0) is 107 Å². The maximum atomic E-state index is 14.4. The normalized spacial score (nSPS) is 39.6. The van der Waals surface area contributed by atoms with Crippen LogP contribution < -0.4 is 0 Å². The number of nitrogens with zero attached hydrogens (tertiary/aromatic N) is 1. The van der Waals surface area contributed by atoms with Crippen LogP contribution in [0.2, 0.25) is 0 Å². The predicted molar refractivity (Wildman–Crippen MR) is 245 cm³/mol. The molecule has 0 aromatic carbocycles. The number of carbonyl (C=O) groups is 5. The topological polar surface area (TPSA) is 195 Å². The molecule has 3 aliphatic heterocycles. The van der Waals surface area contributed by atoms with Gasteiger partial charge in [-0.3, -0.25) is 19.2 Å². The standard InChI is InChI=1S/C51H79NO13/c1-30-16-12-11-13-17-31(2)42(61-8)28-38-21-19-36(7)51(60,65-38)48(57)49(58)52-23-15-14-18-39(52)50(59)64-43(33(4)26-37-20-22-40(53)44(27-37)62-9)29-41(54)32(3)25-35(6)46(56)47(63-10)45(55)34(5)24-30/h11-13,16-17,25,30,32-34,36-40,42-44,46-47,53,56,60H,14-15,18-24,26-29H2,1-10H3/b13-11-,16-12+,31-17?,35-25-/t30-,32-,33-,34-,36-,37+,38+,39+,40-,42+,43+,44-,46-,47+,51-/m1/s1. The Morgan fingerprint density at radius 2 is 1.57 bits per heavy atom. The fourth-order valence-corrected chi connectivity index (χ4v) is 10.1. The van der Waals surface area contributed by atoms with Crippen LogP contribution >= 0.6 is 0 Å². The van der Waals surface area contributed by atoms with Gasteiger partial charge in [-0.15, -0.1) is 0 Å². The van der Waals surface area contributed by atoms with Gasteiger partial charge in [0.05, 0.1) is 24.4 Å². The molecule has 3 fully saturated rings. The first-order valence-electron chi connectivity index (χ1n) is 23.9. The molecule has 4 aliphatic rings. The molecule has 1 saturated carbocycles. The molecule has 3 N–H and O–H groups in total. The van der Waals surface area contributed by atoms with E-state index >= 15 is 0 Å².